The summed E-state index contributed by atoms with van der Waals surface area (Å²) in [7, 11) is 0. The minimum Gasteiger partial charge on any atom is -0.478 e. The van der Waals surface area contributed by atoms with Gasteiger partial charge in [-0.1, -0.05) is 0 Å². The lowest BCUT2D eigenvalue weighted by Gasteiger charge is -2.11. The van der Waals surface area contributed by atoms with Crippen molar-refractivity contribution < 1.29 is 31.9 Å². The molecule has 0 saturated heterocycles. The van der Waals surface area contributed by atoms with Gasteiger partial charge in [-0.2, -0.15) is 18.3 Å². The van der Waals surface area contributed by atoms with Crippen molar-refractivity contribution in [3.05, 3.63) is 41.4 Å². The van der Waals surface area contributed by atoms with Gasteiger partial charge in [0.15, 0.2) is 17.3 Å². The van der Waals surface area contributed by atoms with E-state index in [9.17, 15) is 26.7 Å². The van der Waals surface area contributed by atoms with E-state index in [-0.39, 0.29) is 4.68 Å². The molecule has 106 valence electrons. The number of hydrogen-bond donors (Lipinski definition) is 1. The summed E-state index contributed by atoms with van der Waals surface area (Å²) in [5, 5.41) is 11.8. The molecule has 5 nitrogen and oxygen atoms in total. The molecule has 0 fully saturated rings. The average Bonchev–Trinajstić information content (AvgIpc) is 2.73. The summed E-state index contributed by atoms with van der Waals surface area (Å²) in [5.41, 5.74) is -2.87. The molecule has 2 heterocycles. The zero-order valence-corrected chi connectivity index (χ0v) is 9.32. The molecule has 0 bridgehead atoms. The number of aromatic carboxylic acids is 1. The molecule has 2 aromatic rings. The van der Waals surface area contributed by atoms with Crippen LogP contribution in [0.1, 0.15) is 16.1 Å². The number of alkyl halides is 3. The predicted octanol–water partition coefficient (Wildman–Crippen LogP) is 2.26. The number of carbonyl (C=O) groups is 1. The Balaban J connectivity index is 2.72. The summed E-state index contributed by atoms with van der Waals surface area (Å²) in [6.45, 7) is 0. The van der Waals surface area contributed by atoms with E-state index >= 15 is 0 Å². The maximum absolute atomic E-state index is 13.4. The number of halogens is 5. The van der Waals surface area contributed by atoms with Crippen molar-refractivity contribution in [1.82, 2.24) is 14.8 Å². The lowest BCUT2D eigenvalue weighted by Crippen LogP contribution is -2.18. The van der Waals surface area contributed by atoms with Crippen molar-refractivity contribution in [2.24, 2.45) is 0 Å². The summed E-state index contributed by atoms with van der Waals surface area (Å²) in [4.78, 5) is 13.9. The highest BCUT2D eigenvalue weighted by Gasteiger charge is 2.41. The van der Waals surface area contributed by atoms with Crippen molar-refractivity contribution in [3.63, 3.8) is 0 Å². The van der Waals surface area contributed by atoms with Crippen LogP contribution in [0.5, 0.6) is 0 Å². The fraction of sp³-hybridized carbons (Fsp3) is 0.100. The maximum atomic E-state index is 13.4. The van der Waals surface area contributed by atoms with Crippen LogP contribution in [0.3, 0.4) is 0 Å². The molecule has 0 aliphatic rings. The Hall–Kier alpha value is -2.52. The van der Waals surface area contributed by atoms with E-state index < -0.39 is 40.9 Å². The number of rotatable bonds is 2. The summed E-state index contributed by atoms with van der Waals surface area (Å²) in [6.07, 6.45) is -4.21. The molecule has 0 amide bonds. The third-order valence-electron chi connectivity index (χ3n) is 2.26. The molecule has 0 aromatic carbocycles. The molecule has 0 atom stereocenters. The molecule has 0 aliphatic heterocycles. The molecule has 2 rings (SSSR count). The van der Waals surface area contributed by atoms with Gasteiger partial charge in [-0.15, -0.1) is 0 Å². The van der Waals surface area contributed by atoms with Crippen molar-refractivity contribution in [2.75, 3.05) is 0 Å². The minimum absolute atomic E-state index is 0.0295. The lowest BCUT2D eigenvalue weighted by atomic mass is 10.2. The Kier molecular flexibility index (Phi) is 3.16. The molecule has 2 aromatic heterocycles. The standard InChI is InChI=1S/C10H4F5N3O2/c11-4-1-6(12)8(16-2-4)18-7(10(13,14)15)5(3-17-18)9(19)20/h1-3H,(H,19,20). The largest absolute Gasteiger partial charge is 0.478 e. The van der Waals surface area contributed by atoms with Gasteiger partial charge in [0, 0.05) is 6.07 Å². The number of pyridine rings is 1. The maximum Gasteiger partial charge on any atom is 0.434 e. The molecule has 1 N–H and O–H groups in total. The van der Waals surface area contributed by atoms with Crippen LogP contribution < -0.4 is 0 Å². The second kappa shape index (κ2) is 4.54. The van der Waals surface area contributed by atoms with Crippen molar-refractivity contribution >= 4 is 5.97 Å². The molecule has 20 heavy (non-hydrogen) atoms. The van der Waals surface area contributed by atoms with E-state index in [2.05, 4.69) is 10.1 Å². The molecule has 10 heteroatoms. The van der Waals surface area contributed by atoms with Gasteiger partial charge < -0.3 is 5.11 Å². The van der Waals surface area contributed by atoms with Crippen LogP contribution in [-0.2, 0) is 6.18 Å². The zero-order chi connectivity index (χ0) is 15.1. The SMILES string of the molecule is O=C(O)c1cnn(-c2ncc(F)cc2F)c1C(F)(F)F. The van der Waals surface area contributed by atoms with E-state index in [1.807, 2.05) is 0 Å². The summed E-state index contributed by atoms with van der Waals surface area (Å²) in [6, 6.07) is 0.310. The van der Waals surface area contributed by atoms with E-state index in [0.717, 1.165) is 0 Å². The molecular weight excluding hydrogens is 289 g/mol. The zero-order valence-electron chi connectivity index (χ0n) is 9.32. The van der Waals surface area contributed by atoms with E-state index in [4.69, 9.17) is 5.11 Å². The van der Waals surface area contributed by atoms with E-state index in [1.165, 1.54) is 0 Å². The summed E-state index contributed by atoms with van der Waals surface area (Å²) < 4.78 is 64.6. The van der Waals surface area contributed by atoms with Gasteiger partial charge in [0.05, 0.1) is 12.4 Å². The third-order valence-corrected chi connectivity index (χ3v) is 2.26. The number of hydrogen-bond acceptors (Lipinski definition) is 3. The van der Waals surface area contributed by atoms with Gasteiger partial charge in [-0.3, -0.25) is 0 Å². The Morgan fingerprint density at radius 3 is 2.40 bits per heavy atom. The monoisotopic (exact) mass is 293 g/mol. The van der Waals surface area contributed by atoms with Gasteiger partial charge in [0.1, 0.15) is 11.4 Å². The van der Waals surface area contributed by atoms with E-state index in [1.54, 1.807) is 0 Å². The third kappa shape index (κ3) is 2.31. The van der Waals surface area contributed by atoms with E-state index in [0.29, 0.717) is 18.5 Å². The highest BCUT2D eigenvalue weighted by atomic mass is 19.4. The molecule has 0 radical (unpaired) electrons. The van der Waals surface area contributed by atoms with Crippen LogP contribution in [0.4, 0.5) is 22.0 Å². The highest BCUT2D eigenvalue weighted by Crippen LogP contribution is 2.33. The first-order chi connectivity index (χ1) is 9.21. The van der Waals surface area contributed by atoms with Crippen LogP contribution in [0.25, 0.3) is 5.82 Å². The number of carboxylic acids is 1. The number of aromatic nitrogens is 3. The Bertz CT molecular complexity index is 680. The molecule has 0 aliphatic carbocycles. The second-order valence-corrected chi connectivity index (χ2v) is 3.58. The number of nitrogens with zero attached hydrogens (tertiary/aromatic N) is 3. The summed E-state index contributed by atoms with van der Waals surface area (Å²) in [5.74, 6) is -5.33. The molecule has 0 spiro atoms. The van der Waals surface area contributed by atoms with Crippen molar-refractivity contribution in [1.29, 1.82) is 0 Å². The lowest BCUT2D eigenvalue weighted by molar-refractivity contribution is -0.143. The van der Waals surface area contributed by atoms with Gasteiger partial charge >= 0.3 is 12.1 Å². The first kappa shape index (κ1) is 13.9. The first-order valence-corrected chi connectivity index (χ1v) is 4.91. The number of carboxylic acid groups (broad SMARTS) is 1. The Labute approximate surface area is 107 Å². The first-order valence-electron chi connectivity index (χ1n) is 4.91. The minimum atomic E-state index is -5.10. The fourth-order valence-electron chi connectivity index (χ4n) is 1.50. The molecular formula is C10H4F5N3O2. The van der Waals surface area contributed by atoms with Crippen molar-refractivity contribution in [3.8, 4) is 5.82 Å². The fourth-order valence-corrected chi connectivity index (χ4v) is 1.50. The predicted molar refractivity (Wildman–Crippen MR) is 53.2 cm³/mol. The van der Waals surface area contributed by atoms with Crippen LogP contribution in [0.15, 0.2) is 18.5 Å². The van der Waals surface area contributed by atoms with Gasteiger partial charge in [0.25, 0.3) is 0 Å². The second-order valence-electron chi connectivity index (χ2n) is 3.58. The van der Waals surface area contributed by atoms with Gasteiger partial charge in [0.2, 0.25) is 0 Å². The van der Waals surface area contributed by atoms with Gasteiger partial charge in [-0.05, 0) is 0 Å². The summed E-state index contributed by atoms with van der Waals surface area (Å²) >= 11 is 0. The Morgan fingerprint density at radius 1 is 1.25 bits per heavy atom. The topological polar surface area (TPSA) is 68.0 Å². The quantitative estimate of drug-likeness (QED) is 0.862. The van der Waals surface area contributed by atoms with Crippen LogP contribution >= 0.6 is 0 Å². The molecule has 0 saturated carbocycles. The molecule has 0 unspecified atom stereocenters. The average molecular weight is 293 g/mol. The van der Waals surface area contributed by atoms with Crippen LogP contribution in [0.2, 0.25) is 0 Å². The van der Waals surface area contributed by atoms with Crippen molar-refractivity contribution in [2.45, 2.75) is 6.18 Å². The van der Waals surface area contributed by atoms with Crippen LogP contribution in [-0.4, -0.2) is 25.8 Å². The Morgan fingerprint density at radius 2 is 1.90 bits per heavy atom. The smallest absolute Gasteiger partial charge is 0.434 e. The van der Waals surface area contributed by atoms with Gasteiger partial charge in [-0.25, -0.2) is 23.2 Å². The highest BCUT2D eigenvalue weighted by molar-refractivity contribution is 5.89. The van der Waals surface area contributed by atoms with Crippen LogP contribution in [0, 0.1) is 11.6 Å². The normalized spacial score (nSPS) is 11.7.